The number of methoxy groups -OCH3 is 1. The maximum Gasteiger partial charge on any atom is 0.328 e. The third-order valence-electron chi connectivity index (χ3n) is 2.89. The lowest BCUT2D eigenvalue weighted by Crippen LogP contribution is -2.46. The molecule has 1 aliphatic heterocycles. The van der Waals surface area contributed by atoms with E-state index in [1.54, 1.807) is 20.8 Å². The highest BCUT2D eigenvalue weighted by molar-refractivity contribution is 5.89. The molecule has 1 amide bonds. The number of rotatable bonds is 5. The van der Waals surface area contributed by atoms with Crippen LogP contribution in [0.25, 0.3) is 0 Å². The molecule has 0 aromatic rings. The lowest BCUT2D eigenvalue weighted by molar-refractivity contribution is -0.159. The minimum atomic E-state index is -1.04. The number of amides is 1. The molecule has 0 radical (unpaired) electrons. The fourth-order valence-electron chi connectivity index (χ4n) is 1.92. The van der Waals surface area contributed by atoms with Gasteiger partial charge in [-0.3, -0.25) is 9.59 Å². The van der Waals surface area contributed by atoms with Crippen molar-refractivity contribution >= 4 is 17.8 Å². The number of carbonyl (C=O) groups is 3. The normalized spacial score (nSPS) is 19.7. The molecule has 0 bridgehead atoms. The van der Waals surface area contributed by atoms with E-state index >= 15 is 0 Å². The quantitative estimate of drug-likeness (QED) is 0.740. The molecule has 1 heterocycles. The smallest absolute Gasteiger partial charge is 0.328 e. The summed E-state index contributed by atoms with van der Waals surface area (Å²) >= 11 is 0. The van der Waals surface area contributed by atoms with Crippen LogP contribution in [0.2, 0.25) is 0 Å². The van der Waals surface area contributed by atoms with E-state index in [9.17, 15) is 14.4 Å². The zero-order valence-electron chi connectivity index (χ0n) is 12.9. The Morgan fingerprint density at radius 1 is 1.33 bits per heavy atom. The summed E-state index contributed by atoms with van der Waals surface area (Å²) in [6.45, 7) is 6.03. The molecule has 0 aliphatic carbocycles. The number of carbonyl (C=O) groups excluding carboxylic acids is 3. The molecule has 1 N–H and O–H groups in total. The van der Waals surface area contributed by atoms with Crippen molar-refractivity contribution < 1.29 is 28.6 Å². The Hall–Kier alpha value is -1.63. The van der Waals surface area contributed by atoms with Crippen molar-refractivity contribution in [1.82, 2.24) is 5.32 Å². The molecule has 1 saturated heterocycles. The summed E-state index contributed by atoms with van der Waals surface area (Å²) in [5, 5.41) is 2.53. The second kappa shape index (κ2) is 7.40. The molecule has 7 nitrogen and oxygen atoms in total. The molecule has 2 atom stereocenters. The minimum Gasteiger partial charge on any atom is -0.467 e. The molecule has 1 rings (SSSR count). The zero-order valence-corrected chi connectivity index (χ0v) is 12.9. The highest BCUT2D eigenvalue weighted by Gasteiger charge is 2.31. The lowest BCUT2D eigenvalue weighted by atomic mass is 10.1. The Balaban J connectivity index is 2.61. The van der Waals surface area contributed by atoms with Crippen LogP contribution >= 0.6 is 0 Å². The van der Waals surface area contributed by atoms with Crippen molar-refractivity contribution in [3.05, 3.63) is 0 Å². The van der Waals surface area contributed by atoms with Crippen LogP contribution in [0.4, 0.5) is 0 Å². The average Bonchev–Trinajstić information content (AvgIpc) is 2.88. The van der Waals surface area contributed by atoms with Gasteiger partial charge in [-0.05, 0) is 27.2 Å². The Bertz CT molecular complexity index is 395. The number of hydrogen-bond donors (Lipinski definition) is 1. The first-order valence-electron chi connectivity index (χ1n) is 6.90. The standard InChI is InChI=1S/C14H23NO6/c1-14(2,3)21-11(16)7-10(13(18)19-4)15-12(17)9-5-6-20-8-9/h9-10H,5-8H2,1-4H3,(H,15,17)/t9-,10-/m1/s1. The predicted molar refractivity (Wildman–Crippen MR) is 73.3 cm³/mol. The van der Waals surface area contributed by atoms with Crippen LogP contribution in [-0.2, 0) is 28.6 Å². The monoisotopic (exact) mass is 301 g/mol. The number of esters is 2. The maximum atomic E-state index is 12.0. The van der Waals surface area contributed by atoms with Crippen LogP contribution in [-0.4, -0.2) is 49.8 Å². The highest BCUT2D eigenvalue weighted by Crippen LogP contribution is 2.14. The van der Waals surface area contributed by atoms with Gasteiger partial charge in [-0.25, -0.2) is 4.79 Å². The van der Waals surface area contributed by atoms with Gasteiger partial charge in [-0.15, -0.1) is 0 Å². The first kappa shape index (κ1) is 17.4. The van der Waals surface area contributed by atoms with Crippen LogP contribution in [0.1, 0.15) is 33.6 Å². The summed E-state index contributed by atoms with van der Waals surface area (Å²) < 4.78 is 14.9. The van der Waals surface area contributed by atoms with Gasteiger partial charge in [-0.1, -0.05) is 0 Å². The summed E-state index contributed by atoms with van der Waals surface area (Å²) in [5.41, 5.74) is -0.652. The molecule has 0 saturated carbocycles. The van der Waals surface area contributed by atoms with E-state index in [1.165, 1.54) is 7.11 Å². The minimum absolute atomic E-state index is 0.261. The molecule has 0 unspecified atom stereocenters. The molecular formula is C14H23NO6. The molecule has 21 heavy (non-hydrogen) atoms. The number of nitrogens with one attached hydrogen (secondary N) is 1. The summed E-state index contributed by atoms with van der Waals surface area (Å²) in [4.78, 5) is 35.5. The summed E-state index contributed by atoms with van der Waals surface area (Å²) in [6, 6.07) is -1.04. The van der Waals surface area contributed by atoms with Crippen LogP contribution in [0.3, 0.4) is 0 Å². The van der Waals surface area contributed by atoms with Crippen molar-refractivity contribution in [3.8, 4) is 0 Å². The average molecular weight is 301 g/mol. The van der Waals surface area contributed by atoms with Crippen LogP contribution in [0.15, 0.2) is 0 Å². The van der Waals surface area contributed by atoms with E-state index < -0.39 is 23.6 Å². The fraction of sp³-hybridized carbons (Fsp3) is 0.786. The third kappa shape index (κ3) is 6.12. The van der Waals surface area contributed by atoms with Crippen molar-refractivity contribution in [1.29, 1.82) is 0 Å². The van der Waals surface area contributed by atoms with Crippen LogP contribution in [0, 0.1) is 5.92 Å². The fourth-order valence-corrected chi connectivity index (χ4v) is 1.92. The van der Waals surface area contributed by atoms with Gasteiger partial charge in [0.1, 0.15) is 11.6 Å². The van der Waals surface area contributed by atoms with Crippen molar-refractivity contribution in [2.45, 2.75) is 45.3 Å². The molecule has 1 aliphatic rings. The molecule has 0 spiro atoms. The second-order valence-electron chi connectivity index (χ2n) is 5.94. The number of ether oxygens (including phenoxy) is 3. The van der Waals surface area contributed by atoms with E-state index in [4.69, 9.17) is 9.47 Å². The van der Waals surface area contributed by atoms with Crippen molar-refractivity contribution in [3.63, 3.8) is 0 Å². The molecule has 1 fully saturated rings. The lowest BCUT2D eigenvalue weighted by Gasteiger charge is -2.22. The van der Waals surface area contributed by atoms with Gasteiger partial charge >= 0.3 is 11.9 Å². The maximum absolute atomic E-state index is 12.0. The first-order valence-corrected chi connectivity index (χ1v) is 6.90. The van der Waals surface area contributed by atoms with Gasteiger partial charge in [-0.2, -0.15) is 0 Å². The summed E-state index contributed by atoms with van der Waals surface area (Å²) in [5.74, 6) is -1.85. The van der Waals surface area contributed by atoms with E-state index in [-0.39, 0.29) is 18.2 Å². The Morgan fingerprint density at radius 3 is 2.48 bits per heavy atom. The SMILES string of the molecule is COC(=O)[C@@H](CC(=O)OC(C)(C)C)NC(=O)[C@@H]1CCOC1. The largest absolute Gasteiger partial charge is 0.467 e. The topological polar surface area (TPSA) is 90.9 Å². The van der Waals surface area contributed by atoms with Crippen LogP contribution < -0.4 is 5.32 Å². The first-order chi connectivity index (χ1) is 9.73. The van der Waals surface area contributed by atoms with Gasteiger partial charge in [0.15, 0.2) is 0 Å². The van der Waals surface area contributed by atoms with Gasteiger partial charge in [0.25, 0.3) is 0 Å². The molecular weight excluding hydrogens is 278 g/mol. The van der Waals surface area contributed by atoms with E-state index in [0.717, 1.165) is 0 Å². The zero-order chi connectivity index (χ0) is 16.0. The molecule has 120 valence electrons. The molecule has 0 aromatic heterocycles. The van der Waals surface area contributed by atoms with Crippen LogP contribution in [0.5, 0.6) is 0 Å². The predicted octanol–water partition coefficient (Wildman–Crippen LogP) is 0.413. The van der Waals surface area contributed by atoms with Crippen molar-refractivity contribution in [2.75, 3.05) is 20.3 Å². The van der Waals surface area contributed by atoms with Gasteiger partial charge in [0, 0.05) is 6.61 Å². The molecule has 0 aromatic carbocycles. The number of hydrogen-bond acceptors (Lipinski definition) is 6. The Morgan fingerprint density at radius 2 is 2.00 bits per heavy atom. The summed E-state index contributed by atoms with van der Waals surface area (Å²) in [7, 11) is 1.20. The summed E-state index contributed by atoms with van der Waals surface area (Å²) in [6.07, 6.45) is 0.343. The molecule has 7 heteroatoms. The van der Waals surface area contributed by atoms with E-state index in [2.05, 4.69) is 10.1 Å². The van der Waals surface area contributed by atoms with E-state index in [1.807, 2.05) is 0 Å². The Labute approximate surface area is 124 Å². The van der Waals surface area contributed by atoms with Crippen molar-refractivity contribution in [2.24, 2.45) is 5.92 Å². The second-order valence-corrected chi connectivity index (χ2v) is 5.94. The van der Waals surface area contributed by atoms with Gasteiger partial charge < -0.3 is 19.5 Å². The van der Waals surface area contributed by atoms with E-state index in [0.29, 0.717) is 19.6 Å². The highest BCUT2D eigenvalue weighted by atomic mass is 16.6. The van der Waals surface area contributed by atoms with Gasteiger partial charge in [0.2, 0.25) is 5.91 Å². The Kier molecular flexibility index (Phi) is 6.14. The third-order valence-corrected chi connectivity index (χ3v) is 2.89. The van der Waals surface area contributed by atoms with Gasteiger partial charge in [0.05, 0.1) is 26.1 Å².